The lowest BCUT2D eigenvalue weighted by atomic mass is 10.1. The predicted molar refractivity (Wildman–Crippen MR) is 128 cm³/mol. The molecule has 0 unspecified atom stereocenters. The molecule has 0 aliphatic heterocycles. The molecule has 0 atom stereocenters. The third-order valence-electron chi connectivity index (χ3n) is 4.82. The van der Waals surface area contributed by atoms with Gasteiger partial charge >= 0.3 is 11.9 Å². The normalized spacial score (nSPS) is 10.5. The molecule has 168 valence electrons. The number of nitrogens with one attached hydrogen (secondary N) is 1. The van der Waals surface area contributed by atoms with E-state index in [1.165, 1.54) is 22.0 Å². The maximum atomic E-state index is 9.55. The Balaban J connectivity index is 0.000000331. The number of nitrogens with zero attached hydrogens (tertiary/aromatic N) is 2. The van der Waals surface area contributed by atoms with Gasteiger partial charge in [-0.2, -0.15) is 0 Å². The van der Waals surface area contributed by atoms with Crippen molar-refractivity contribution in [2.24, 2.45) is 0 Å². The van der Waals surface area contributed by atoms with Crippen molar-refractivity contribution in [2.75, 3.05) is 11.9 Å². The molecule has 2 aromatic heterocycles. The number of aliphatic carboxylic acids is 2. The molecule has 2 heterocycles. The van der Waals surface area contributed by atoms with Crippen molar-refractivity contribution in [1.29, 1.82) is 0 Å². The van der Waals surface area contributed by atoms with Gasteiger partial charge in [0.15, 0.2) is 0 Å². The van der Waals surface area contributed by atoms with Crippen LogP contribution in [-0.4, -0.2) is 38.2 Å². The number of carboxylic acids is 2. The summed E-state index contributed by atoms with van der Waals surface area (Å²) in [6.45, 7) is 1.79. The summed E-state index contributed by atoms with van der Waals surface area (Å²) in [5.41, 5.74) is 5.06. The molecule has 3 N–H and O–H groups in total. The van der Waals surface area contributed by atoms with Gasteiger partial charge in [-0.15, -0.1) is 0 Å². The second-order valence-corrected chi connectivity index (χ2v) is 7.21. The smallest absolute Gasteiger partial charge is 0.328 e. The van der Waals surface area contributed by atoms with E-state index in [-0.39, 0.29) is 0 Å². The summed E-state index contributed by atoms with van der Waals surface area (Å²) in [5.74, 6) is -2.51. The van der Waals surface area contributed by atoms with Crippen LogP contribution in [0.3, 0.4) is 0 Å². The average molecular weight is 444 g/mol. The van der Waals surface area contributed by atoms with E-state index in [4.69, 9.17) is 10.2 Å². The van der Waals surface area contributed by atoms with Crippen LogP contribution in [0, 0.1) is 0 Å². The van der Waals surface area contributed by atoms with Gasteiger partial charge in [-0.1, -0.05) is 48.5 Å². The van der Waals surface area contributed by atoms with Crippen molar-refractivity contribution < 1.29 is 19.8 Å². The molecule has 0 saturated carbocycles. The van der Waals surface area contributed by atoms with Crippen LogP contribution in [0.15, 0.2) is 97.5 Å². The second-order valence-electron chi connectivity index (χ2n) is 7.21. The van der Waals surface area contributed by atoms with E-state index < -0.39 is 11.9 Å². The Kier molecular flexibility index (Phi) is 8.36. The standard InChI is InChI=1S/C22H21N3.C4H4O4/c1-2-7-18(8-3-1)16-25-17-19(21-10-4-5-11-22(21)25)12-14-24-20-9-6-13-23-15-20;5-3(6)1-2-4(7)8/h1-11,13,15,17,24H,12,14,16H2;1-2H,(H,5,6)(H,7,8)/b;2-1-. The topological polar surface area (TPSA) is 104 Å². The monoisotopic (exact) mass is 443 g/mol. The maximum absolute atomic E-state index is 9.55. The van der Waals surface area contributed by atoms with Crippen LogP contribution < -0.4 is 5.32 Å². The maximum Gasteiger partial charge on any atom is 0.328 e. The SMILES string of the molecule is O=C(O)/C=C\C(=O)O.c1ccc(Cn2cc(CCNc3cccnc3)c3ccccc32)cc1. The predicted octanol–water partition coefficient (Wildman–Crippen LogP) is 4.45. The van der Waals surface area contributed by atoms with Crippen molar-refractivity contribution in [3.8, 4) is 0 Å². The Morgan fingerprint density at radius 2 is 1.61 bits per heavy atom. The fraction of sp³-hybridized carbons (Fsp3) is 0.115. The lowest BCUT2D eigenvalue weighted by Crippen LogP contribution is -2.04. The molecule has 0 saturated heterocycles. The first-order valence-corrected chi connectivity index (χ1v) is 10.4. The van der Waals surface area contributed by atoms with E-state index in [2.05, 4.69) is 75.7 Å². The Morgan fingerprint density at radius 3 is 2.27 bits per heavy atom. The van der Waals surface area contributed by atoms with Crippen LogP contribution in [0.2, 0.25) is 0 Å². The lowest BCUT2D eigenvalue weighted by molar-refractivity contribution is -0.134. The molecule has 4 aromatic rings. The van der Waals surface area contributed by atoms with Gasteiger partial charge in [0.25, 0.3) is 0 Å². The number of carboxylic acid groups (broad SMARTS) is 2. The quantitative estimate of drug-likeness (QED) is 0.348. The highest BCUT2D eigenvalue weighted by molar-refractivity contribution is 5.89. The first-order chi connectivity index (χ1) is 16.0. The first-order valence-electron chi connectivity index (χ1n) is 10.4. The Morgan fingerprint density at radius 1 is 0.909 bits per heavy atom. The van der Waals surface area contributed by atoms with Crippen molar-refractivity contribution >= 4 is 28.5 Å². The molecule has 0 spiro atoms. The van der Waals surface area contributed by atoms with E-state index in [1.807, 2.05) is 18.3 Å². The number of pyridine rings is 1. The summed E-state index contributed by atoms with van der Waals surface area (Å²) in [6, 6.07) is 23.3. The van der Waals surface area contributed by atoms with Crippen LogP contribution in [0.1, 0.15) is 11.1 Å². The minimum absolute atomic E-state index is 0.558. The van der Waals surface area contributed by atoms with Gasteiger partial charge in [-0.3, -0.25) is 4.98 Å². The molecule has 0 radical (unpaired) electrons. The number of benzene rings is 2. The average Bonchev–Trinajstić information content (AvgIpc) is 3.17. The zero-order valence-electron chi connectivity index (χ0n) is 18.0. The number of rotatable bonds is 8. The van der Waals surface area contributed by atoms with Crippen molar-refractivity contribution in [1.82, 2.24) is 9.55 Å². The van der Waals surface area contributed by atoms with E-state index in [9.17, 15) is 9.59 Å². The van der Waals surface area contributed by atoms with Crippen molar-refractivity contribution in [3.63, 3.8) is 0 Å². The fourth-order valence-corrected chi connectivity index (χ4v) is 3.38. The fourth-order valence-electron chi connectivity index (χ4n) is 3.38. The highest BCUT2D eigenvalue weighted by Crippen LogP contribution is 2.23. The lowest BCUT2D eigenvalue weighted by Gasteiger charge is -2.05. The summed E-state index contributed by atoms with van der Waals surface area (Å²) in [4.78, 5) is 23.3. The van der Waals surface area contributed by atoms with Crippen molar-refractivity contribution in [2.45, 2.75) is 13.0 Å². The summed E-state index contributed by atoms with van der Waals surface area (Å²) in [6.07, 6.45) is 8.05. The third kappa shape index (κ3) is 7.36. The molecule has 33 heavy (non-hydrogen) atoms. The molecular formula is C26H25N3O4. The number of hydrogen-bond donors (Lipinski definition) is 3. The molecule has 2 aromatic carbocycles. The summed E-state index contributed by atoms with van der Waals surface area (Å²) >= 11 is 0. The van der Waals surface area contributed by atoms with Crippen LogP contribution in [0.4, 0.5) is 5.69 Å². The van der Waals surface area contributed by atoms with Gasteiger partial charge < -0.3 is 20.1 Å². The van der Waals surface area contributed by atoms with Crippen molar-refractivity contribution in [3.05, 3.63) is 109 Å². The molecule has 0 amide bonds. The molecule has 7 nitrogen and oxygen atoms in total. The Hall–Kier alpha value is -4.39. The van der Waals surface area contributed by atoms with Gasteiger partial charge in [0.1, 0.15) is 0 Å². The van der Waals surface area contributed by atoms with Gasteiger partial charge in [-0.05, 0) is 35.7 Å². The first kappa shape index (κ1) is 23.3. The van der Waals surface area contributed by atoms with Crippen LogP contribution in [0.25, 0.3) is 10.9 Å². The van der Waals surface area contributed by atoms with Gasteiger partial charge in [-0.25, -0.2) is 9.59 Å². The summed E-state index contributed by atoms with van der Waals surface area (Å²) in [5, 5.41) is 20.4. The van der Waals surface area contributed by atoms with Crippen LogP contribution >= 0.6 is 0 Å². The largest absolute Gasteiger partial charge is 0.478 e. The summed E-state index contributed by atoms with van der Waals surface area (Å²) < 4.78 is 2.35. The Labute approximate surface area is 191 Å². The highest BCUT2D eigenvalue weighted by Gasteiger charge is 2.08. The minimum Gasteiger partial charge on any atom is -0.478 e. The number of aromatic nitrogens is 2. The number of para-hydroxylation sites is 1. The van der Waals surface area contributed by atoms with Crippen LogP contribution in [0.5, 0.6) is 0 Å². The third-order valence-corrected chi connectivity index (χ3v) is 4.82. The second kappa shape index (κ2) is 11.9. The zero-order valence-corrected chi connectivity index (χ0v) is 18.0. The summed E-state index contributed by atoms with van der Waals surface area (Å²) in [7, 11) is 0. The number of hydrogen-bond acceptors (Lipinski definition) is 4. The van der Waals surface area contributed by atoms with Gasteiger partial charge in [0.05, 0.1) is 5.69 Å². The van der Waals surface area contributed by atoms with E-state index in [0.717, 1.165) is 25.2 Å². The number of fused-ring (bicyclic) bond motifs is 1. The van der Waals surface area contributed by atoms with E-state index in [1.54, 1.807) is 6.20 Å². The molecule has 4 rings (SSSR count). The molecule has 0 bridgehead atoms. The molecular weight excluding hydrogens is 418 g/mol. The van der Waals surface area contributed by atoms with Gasteiger partial charge in [0, 0.05) is 54.7 Å². The minimum atomic E-state index is -1.26. The molecule has 0 aliphatic rings. The van der Waals surface area contributed by atoms with E-state index in [0.29, 0.717) is 12.2 Å². The Bertz CT molecular complexity index is 1200. The van der Waals surface area contributed by atoms with Gasteiger partial charge in [0.2, 0.25) is 0 Å². The zero-order chi connectivity index (χ0) is 23.5. The number of carbonyl (C=O) groups is 2. The molecule has 7 heteroatoms. The van der Waals surface area contributed by atoms with Crippen LogP contribution in [-0.2, 0) is 22.6 Å². The molecule has 0 aliphatic carbocycles. The molecule has 0 fully saturated rings. The highest BCUT2D eigenvalue weighted by atomic mass is 16.4. The van der Waals surface area contributed by atoms with E-state index >= 15 is 0 Å². The number of anilines is 1.